The first-order valence-corrected chi connectivity index (χ1v) is 23.7. The molecule has 17 nitrogen and oxygen atoms in total. The summed E-state index contributed by atoms with van der Waals surface area (Å²) in [6, 6.07) is 6.79. The molecule has 2 aromatic carbocycles. The van der Waals surface area contributed by atoms with E-state index < -0.39 is 67.9 Å². The van der Waals surface area contributed by atoms with Crippen LogP contribution in [0.25, 0.3) is 11.0 Å². The number of nitrogens with one attached hydrogen (secondary N) is 3. The summed E-state index contributed by atoms with van der Waals surface area (Å²) in [5.41, 5.74) is -2.42. The predicted octanol–water partition coefficient (Wildman–Crippen LogP) is 4.24. The number of amides is 2. The van der Waals surface area contributed by atoms with E-state index in [4.69, 9.17) is 4.74 Å². The predicted molar refractivity (Wildman–Crippen MR) is 236 cm³/mol. The number of aromatic nitrogens is 4. The van der Waals surface area contributed by atoms with E-state index in [1.807, 2.05) is 4.90 Å². The van der Waals surface area contributed by atoms with Crippen LogP contribution < -0.4 is 30.8 Å². The van der Waals surface area contributed by atoms with Crippen LogP contribution in [0.15, 0.2) is 46.2 Å². The number of aliphatic hydroxyl groups is 1. The lowest BCUT2D eigenvalue weighted by atomic mass is 9.71. The van der Waals surface area contributed by atoms with Gasteiger partial charge in [0.15, 0.2) is 5.82 Å². The first-order valence-electron chi connectivity index (χ1n) is 22.3. The first-order chi connectivity index (χ1) is 31.1. The highest BCUT2D eigenvalue weighted by molar-refractivity contribution is 7.89. The summed E-state index contributed by atoms with van der Waals surface area (Å²) in [5.74, 6) is -2.01. The van der Waals surface area contributed by atoms with Crippen molar-refractivity contribution < 1.29 is 45.4 Å². The highest BCUT2D eigenvalue weighted by atomic mass is 32.2. The van der Waals surface area contributed by atoms with Gasteiger partial charge in [0.05, 0.1) is 39.4 Å². The number of fused-ring (bicyclic) bond motifs is 4. The van der Waals surface area contributed by atoms with Crippen LogP contribution in [0.1, 0.15) is 82.4 Å². The Labute approximate surface area is 378 Å². The lowest BCUT2D eigenvalue weighted by Gasteiger charge is -2.55. The van der Waals surface area contributed by atoms with Crippen molar-refractivity contribution in [1.82, 2.24) is 34.0 Å². The van der Waals surface area contributed by atoms with E-state index in [-0.39, 0.29) is 66.3 Å². The number of ether oxygens (including phenoxy) is 1. The van der Waals surface area contributed by atoms with Gasteiger partial charge in [0, 0.05) is 70.7 Å². The minimum Gasteiger partial charge on any atom is -0.388 e. The number of anilines is 4. The summed E-state index contributed by atoms with van der Waals surface area (Å²) in [6.07, 6.45) is -0.492. The number of piperidine rings is 2. The Balaban J connectivity index is 0.823. The van der Waals surface area contributed by atoms with E-state index in [2.05, 4.69) is 37.1 Å². The number of β-amino-alcohol motifs (C(OH)–C–C–N with tert-alkyl or cyclic N) is 1. The Morgan fingerprint density at radius 1 is 1.03 bits per heavy atom. The summed E-state index contributed by atoms with van der Waals surface area (Å²) in [5, 5.41) is 15.8. The molecule has 356 valence electrons. The van der Waals surface area contributed by atoms with Crippen LogP contribution >= 0.6 is 0 Å². The Morgan fingerprint density at radius 3 is 2.44 bits per heavy atom. The maximum absolute atomic E-state index is 16.4. The fraction of sp³-hybridized carbons (Fsp3) is 0.568. The molecule has 10 rings (SSSR count). The number of imidazole rings is 1. The topological polar surface area (TPSA) is 196 Å². The third-order valence-electron chi connectivity index (χ3n) is 14.2. The lowest BCUT2D eigenvalue weighted by molar-refractivity contribution is -0.169. The van der Waals surface area contributed by atoms with Crippen LogP contribution in [0.5, 0.6) is 0 Å². The molecular weight excluding hydrogens is 889 g/mol. The number of piperazine rings is 1. The van der Waals surface area contributed by atoms with Crippen molar-refractivity contribution in [2.24, 2.45) is 7.05 Å². The van der Waals surface area contributed by atoms with Crippen molar-refractivity contribution in [1.29, 1.82) is 0 Å². The number of rotatable bonds is 10. The van der Waals surface area contributed by atoms with Gasteiger partial charge in [-0.05, 0) is 102 Å². The van der Waals surface area contributed by atoms with Gasteiger partial charge >= 0.3 is 11.9 Å². The average molecular weight is 943 g/mol. The molecule has 0 spiro atoms. The second-order valence-corrected chi connectivity index (χ2v) is 20.8. The van der Waals surface area contributed by atoms with Gasteiger partial charge in [-0.2, -0.15) is 18.2 Å². The van der Waals surface area contributed by atoms with E-state index in [0.29, 0.717) is 87.8 Å². The summed E-state index contributed by atoms with van der Waals surface area (Å²) < 4.78 is 98.1. The highest BCUT2D eigenvalue weighted by Gasteiger charge is 2.52. The van der Waals surface area contributed by atoms with Crippen molar-refractivity contribution in [2.75, 3.05) is 61.0 Å². The van der Waals surface area contributed by atoms with Crippen LogP contribution in [0.4, 0.5) is 40.7 Å². The van der Waals surface area contributed by atoms with Crippen LogP contribution in [0.2, 0.25) is 0 Å². The van der Waals surface area contributed by atoms with E-state index >= 15 is 4.39 Å². The fourth-order valence-corrected chi connectivity index (χ4v) is 12.0. The third kappa shape index (κ3) is 8.54. The van der Waals surface area contributed by atoms with Crippen molar-refractivity contribution in [3.8, 4) is 0 Å². The van der Waals surface area contributed by atoms with Gasteiger partial charge in [0.2, 0.25) is 27.8 Å². The minimum absolute atomic E-state index is 0.00308. The number of hydrogen-bond acceptors (Lipinski definition) is 13. The number of imide groups is 1. The Hall–Kier alpha value is -5.16. The molecule has 6 aliphatic rings. The molecule has 1 aliphatic carbocycles. The van der Waals surface area contributed by atoms with Gasteiger partial charge in [-0.1, -0.05) is 0 Å². The van der Waals surface area contributed by atoms with Crippen molar-refractivity contribution >= 4 is 56.0 Å². The molecule has 2 bridgehead atoms. The summed E-state index contributed by atoms with van der Waals surface area (Å²) in [4.78, 5) is 51.5. The second-order valence-electron chi connectivity index (χ2n) is 19.1. The van der Waals surface area contributed by atoms with E-state index in [1.54, 1.807) is 26.0 Å². The molecule has 5 aliphatic heterocycles. The molecule has 5 saturated heterocycles. The first kappa shape index (κ1) is 46.0. The van der Waals surface area contributed by atoms with Crippen LogP contribution in [0.3, 0.4) is 0 Å². The van der Waals surface area contributed by atoms with Gasteiger partial charge < -0.3 is 25.0 Å². The second kappa shape index (κ2) is 16.6. The quantitative estimate of drug-likeness (QED) is 0.130. The van der Waals surface area contributed by atoms with Gasteiger partial charge in [-0.25, -0.2) is 27.3 Å². The van der Waals surface area contributed by atoms with Crippen LogP contribution in [-0.2, 0) is 37.6 Å². The van der Waals surface area contributed by atoms with Gasteiger partial charge in [-0.15, -0.1) is 0 Å². The van der Waals surface area contributed by atoms with Crippen LogP contribution in [-0.4, -0.2) is 118 Å². The molecular formula is C44H54F4N10O7S. The largest absolute Gasteiger partial charge is 0.421 e. The van der Waals surface area contributed by atoms with E-state index in [1.165, 1.54) is 39.3 Å². The molecule has 1 saturated carbocycles. The lowest BCUT2D eigenvalue weighted by Crippen LogP contribution is -2.66. The third-order valence-corrected chi connectivity index (χ3v) is 15.8. The van der Waals surface area contributed by atoms with Gasteiger partial charge in [0.25, 0.3) is 0 Å². The summed E-state index contributed by atoms with van der Waals surface area (Å²) in [7, 11) is -2.56. The SMILES string of the molecule is Cc1cc(S(=O)(=O)NC23CCC(CN4CCN(c5ccc6c(c5F)n(C)c(=O)n6C5CCC(=O)NC5=O)C[C@@H]4C)(CC2)OC3)ccc1Nc1ncc(C(F)(F)F)c(N2CCC[C@](C)(O)C2)n1. The minimum atomic E-state index is -4.72. The molecule has 7 heterocycles. The van der Waals surface area contributed by atoms with E-state index in [9.17, 15) is 41.1 Å². The average Bonchev–Trinajstić information content (AvgIpc) is 3.51. The normalized spacial score (nSPS) is 27.7. The Kier molecular flexibility index (Phi) is 11.5. The number of carbonyl (C=O) groups is 2. The van der Waals surface area contributed by atoms with Crippen LogP contribution in [0, 0.1) is 12.7 Å². The summed E-state index contributed by atoms with van der Waals surface area (Å²) >= 11 is 0. The maximum Gasteiger partial charge on any atom is 0.421 e. The summed E-state index contributed by atoms with van der Waals surface area (Å²) in [6.45, 7) is 7.98. The zero-order chi connectivity index (χ0) is 47.1. The smallest absolute Gasteiger partial charge is 0.388 e. The zero-order valence-corrected chi connectivity index (χ0v) is 38.0. The molecule has 0 radical (unpaired) electrons. The molecule has 4 N–H and O–H groups in total. The number of hydrogen-bond donors (Lipinski definition) is 4. The number of carbonyl (C=O) groups excluding carboxylic acids is 2. The Morgan fingerprint density at radius 2 is 1.79 bits per heavy atom. The molecule has 2 amide bonds. The van der Waals surface area contributed by atoms with Gasteiger partial charge in [0.1, 0.15) is 22.9 Å². The molecule has 66 heavy (non-hydrogen) atoms. The molecule has 1 unspecified atom stereocenters. The monoisotopic (exact) mass is 942 g/mol. The number of sulfonamides is 1. The Bertz CT molecular complexity index is 2750. The van der Waals surface area contributed by atoms with E-state index in [0.717, 1.165) is 0 Å². The van der Waals surface area contributed by atoms with Gasteiger partial charge in [-0.3, -0.25) is 28.9 Å². The number of alkyl halides is 3. The number of halogens is 4. The number of aryl methyl sites for hydroxylation is 2. The number of benzene rings is 2. The van der Waals surface area contributed by atoms with Crippen molar-refractivity contribution in [3.63, 3.8) is 0 Å². The molecule has 4 aromatic rings. The standard InChI is InChI=1S/C44H54F4N10O7S/c1-26-20-28(6-7-30(26)50-39-49-21-29(44(46,47)48)37(52-39)57-17-5-12-41(3,62)23-57)66(63,64)53-42-13-15-43(16-14-42,65-25-42)24-56-19-18-55(22-27(56)2)31-8-9-32-36(35(31)45)54(4)40(61)58(32)33-10-11-34(59)51-38(33)60/h6-9,20-21,27,33,53,62H,5,10-19,22-25H2,1-4H3,(H,49,50,52)(H,51,59,60)/t27-,33?,41-,42?,43?/m0/s1. The molecule has 6 fully saturated rings. The van der Waals surface area contributed by atoms with Crippen molar-refractivity contribution in [2.45, 2.75) is 112 Å². The number of nitrogens with zero attached hydrogens (tertiary/aromatic N) is 7. The maximum atomic E-state index is 16.4. The molecule has 3 atom stereocenters. The molecule has 22 heteroatoms. The highest BCUT2D eigenvalue weighted by Crippen LogP contribution is 2.46. The fourth-order valence-electron chi connectivity index (χ4n) is 10.5. The zero-order valence-electron chi connectivity index (χ0n) is 37.2. The molecule has 2 aromatic heterocycles. The van der Waals surface area contributed by atoms with Crippen molar-refractivity contribution in [3.05, 3.63) is 64.0 Å².